The Hall–Kier alpha value is -1.94. The van der Waals surface area contributed by atoms with Gasteiger partial charge in [0.15, 0.2) is 11.5 Å². The minimum absolute atomic E-state index is 0.703. The van der Waals surface area contributed by atoms with Crippen molar-refractivity contribution >= 4 is 23.7 Å². The first-order valence-corrected chi connectivity index (χ1v) is 7.39. The minimum Gasteiger partial charge on any atom is -0.493 e. The van der Waals surface area contributed by atoms with Crippen LogP contribution in [0.2, 0.25) is 0 Å². The average Bonchev–Trinajstić information content (AvgIpc) is 2.53. The van der Waals surface area contributed by atoms with Crippen LogP contribution in [0.5, 0.6) is 11.5 Å². The smallest absolute Gasteiger partial charge is 0.161 e. The van der Waals surface area contributed by atoms with Crippen LogP contribution in [0.4, 0.5) is 5.69 Å². The molecule has 0 aliphatic rings. The zero-order valence-corrected chi connectivity index (χ0v) is 12.6. The summed E-state index contributed by atoms with van der Waals surface area (Å²) in [6.45, 7) is 0. The zero-order valence-electron chi connectivity index (χ0n) is 11.8. The lowest BCUT2D eigenvalue weighted by Gasteiger charge is -2.07. The molecule has 0 amide bonds. The molecule has 2 aromatic rings. The first kappa shape index (κ1) is 14.5. The molecule has 0 radical (unpaired) electrons. The molecule has 0 saturated carbocycles. The van der Waals surface area contributed by atoms with Crippen LogP contribution in [0, 0.1) is 0 Å². The number of rotatable bonds is 5. The molecule has 0 fully saturated rings. The van der Waals surface area contributed by atoms with E-state index in [4.69, 9.17) is 9.47 Å². The quantitative estimate of drug-likeness (QED) is 0.610. The maximum absolute atomic E-state index is 5.27. The van der Waals surface area contributed by atoms with E-state index in [0.29, 0.717) is 11.5 Å². The fourth-order valence-electron chi connectivity index (χ4n) is 1.75. The van der Waals surface area contributed by atoms with E-state index in [2.05, 4.69) is 23.4 Å². The average molecular weight is 287 g/mol. The second-order valence-electron chi connectivity index (χ2n) is 4.07. The van der Waals surface area contributed by atoms with E-state index in [9.17, 15) is 0 Å². The number of ether oxygens (including phenoxy) is 2. The van der Waals surface area contributed by atoms with Crippen molar-refractivity contribution in [2.75, 3.05) is 20.5 Å². The second-order valence-corrected chi connectivity index (χ2v) is 4.95. The summed E-state index contributed by atoms with van der Waals surface area (Å²) >= 11 is 1.72. The summed E-state index contributed by atoms with van der Waals surface area (Å²) in [5, 5.41) is 0. The van der Waals surface area contributed by atoms with E-state index in [1.54, 1.807) is 26.0 Å². The molecule has 0 aromatic heterocycles. The van der Waals surface area contributed by atoms with Gasteiger partial charge in [0.05, 0.1) is 19.9 Å². The fourth-order valence-corrected chi connectivity index (χ4v) is 2.16. The van der Waals surface area contributed by atoms with Gasteiger partial charge in [0.25, 0.3) is 0 Å². The predicted molar refractivity (Wildman–Crippen MR) is 85.0 cm³/mol. The molecule has 0 unspecified atom stereocenters. The highest BCUT2D eigenvalue weighted by atomic mass is 32.2. The van der Waals surface area contributed by atoms with Gasteiger partial charge in [-0.25, -0.2) is 0 Å². The largest absolute Gasteiger partial charge is 0.493 e. The van der Waals surface area contributed by atoms with E-state index in [1.165, 1.54) is 4.90 Å². The van der Waals surface area contributed by atoms with Gasteiger partial charge in [-0.3, -0.25) is 4.99 Å². The lowest BCUT2D eigenvalue weighted by molar-refractivity contribution is 0.355. The van der Waals surface area contributed by atoms with Gasteiger partial charge in [-0.1, -0.05) is 0 Å². The van der Waals surface area contributed by atoms with Gasteiger partial charge in [0.2, 0.25) is 0 Å². The molecule has 0 heterocycles. The van der Waals surface area contributed by atoms with Gasteiger partial charge in [0.1, 0.15) is 0 Å². The van der Waals surface area contributed by atoms with Crippen LogP contribution in [0.25, 0.3) is 0 Å². The number of hydrogen-bond acceptors (Lipinski definition) is 4. The summed E-state index contributed by atoms with van der Waals surface area (Å²) in [5.41, 5.74) is 1.90. The Morgan fingerprint density at radius 1 is 0.950 bits per heavy atom. The normalized spacial score (nSPS) is 10.8. The number of benzene rings is 2. The summed E-state index contributed by atoms with van der Waals surface area (Å²) in [6, 6.07) is 13.8. The van der Waals surface area contributed by atoms with Crippen molar-refractivity contribution < 1.29 is 9.47 Å². The highest BCUT2D eigenvalue weighted by Crippen LogP contribution is 2.27. The molecule has 0 atom stereocenters. The SMILES string of the molecule is COc1ccc(C=Nc2ccc(SC)cc2)cc1OC. The molecule has 20 heavy (non-hydrogen) atoms. The Morgan fingerprint density at radius 2 is 1.65 bits per heavy atom. The van der Waals surface area contributed by atoms with Crippen molar-refractivity contribution in [1.29, 1.82) is 0 Å². The maximum Gasteiger partial charge on any atom is 0.161 e. The van der Waals surface area contributed by atoms with Crippen molar-refractivity contribution in [3.8, 4) is 11.5 Å². The van der Waals surface area contributed by atoms with Crippen LogP contribution >= 0.6 is 11.8 Å². The number of hydrogen-bond donors (Lipinski definition) is 0. The summed E-state index contributed by atoms with van der Waals surface area (Å²) < 4.78 is 10.5. The molecule has 0 N–H and O–H groups in total. The van der Waals surface area contributed by atoms with Gasteiger partial charge in [-0.2, -0.15) is 0 Å². The molecule has 2 rings (SSSR count). The maximum atomic E-state index is 5.27. The Balaban J connectivity index is 2.17. The van der Waals surface area contributed by atoms with Crippen LogP contribution in [0.3, 0.4) is 0 Å². The molecule has 104 valence electrons. The topological polar surface area (TPSA) is 30.8 Å². The number of nitrogens with zero attached hydrogens (tertiary/aromatic N) is 1. The lowest BCUT2D eigenvalue weighted by atomic mass is 10.2. The predicted octanol–water partition coefficient (Wildman–Crippen LogP) is 4.18. The van der Waals surface area contributed by atoms with E-state index in [-0.39, 0.29) is 0 Å². The van der Waals surface area contributed by atoms with Crippen LogP contribution < -0.4 is 9.47 Å². The van der Waals surface area contributed by atoms with Crippen LogP contribution in [0.15, 0.2) is 52.4 Å². The fraction of sp³-hybridized carbons (Fsp3) is 0.188. The van der Waals surface area contributed by atoms with Gasteiger partial charge >= 0.3 is 0 Å². The van der Waals surface area contributed by atoms with Gasteiger partial charge in [-0.15, -0.1) is 11.8 Å². The molecule has 0 aliphatic carbocycles. The van der Waals surface area contributed by atoms with Gasteiger partial charge < -0.3 is 9.47 Å². The minimum atomic E-state index is 0.703. The van der Waals surface area contributed by atoms with Crippen molar-refractivity contribution in [3.05, 3.63) is 48.0 Å². The third-order valence-electron chi connectivity index (χ3n) is 2.84. The van der Waals surface area contributed by atoms with E-state index in [1.807, 2.05) is 36.5 Å². The van der Waals surface area contributed by atoms with Gasteiger partial charge in [-0.05, 0) is 54.3 Å². The summed E-state index contributed by atoms with van der Waals surface area (Å²) in [7, 11) is 3.25. The van der Waals surface area contributed by atoms with Crippen LogP contribution in [-0.4, -0.2) is 26.7 Å². The monoisotopic (exact) mass is 287 g/mol. The van der Waals surface area contributed by atoms with Crippen LogP contribution in [-0.2, 0) is 0 Å². The zero-order chi connectivity index (χ0) is 14.4. The summed E-state index contributed by atoms with van der Waals surface area (Å²) in [6.07, 6.45) is 3.87. The van der Waals surface area contributed by atoms with Gasteiger partial charge in [0, 0.05) is 11.1 Å². The molecule has 0 bridgehead atoms. The first-order valence-electron chi connectivity index (χ1n) is 6.17. The number of aliphatic imine (C=N–C) groups is 1. The molecular formula is C16H17NO2S. The third-order valence-corrected chi connectivity index (χ3v) is 3.59. The Morgan fingerprint density at radius 3 is 2.25 bits per heavy atom. The van der Waals surface area contributed by atoms with Crippen molar-refractivity contribution in [2.45, 2.75) is 4.90 Å². The molecule has 0 saturated heterocycles. The Kier molecular flexibility index (Phi) is 5.07. The second kappa shape index (κ2) is 7.01. The standard InChI is InChI=1S/C16H17NO2S/c1-18-15-9-4-12(10-16(15)19-2)11-17-13-5-7-14(20-3)8-6-13/h4-11H,1-3H3. The molecule has 3 nitrogen and oxygen atoms in total. The molecule has 2 aromatic carbocycles. The van der Waals surface area contributed by atoms with Crippen molar-refractivity contribution in [3.63, 3.8) is 0 Å². The van der Waals surface area contributed by atoms with E-state index >= 15 is 0 Å². The number of thioether (sulfide) groups is 1. The first-order chi connectivity index (χ1) is 9.76. The van der Waals surface area contributed by atoms with Crippen LogP contribution in [0.1, 0.15) is 5.56 Å². The highest BCUT2D eigenvalue weighted by molar-refractivity contribution is 7.98. The summed E-state index contributed by atoms with van der Waals surface area (Å²) in [4.78, 5) is 5.68. The highest BCUT2D eigenvalue weighted by Gasteiger charge is 2.02. The van der Waals surface area contributed by atoms with Crippen molar-refractivity contribution in [2.24, 2.45) is 4.99 Å². The molecule has 0 aliphatic heterocycles. The molecule has 0 spiro atoms. The van der Waals surface area contributed by atoms with E-state index in [0.717, 1.165) is 11.3 Å². The van der Waals surface area contributed by atoms with E-state index < -0.39 is 0 Å². The third kappa shape index (κ3) is 3.54. The lowest BCUT2D eigenvalue weighted by Crippen LogP contribution is -1.91. The Bertz CT molecular complexity index is 594. The number of methoxy groups -OCH3 is 2. The van der Waals surface area contributed by atoms with Crippen molar-refractivity contribution in [1.82, 2.24) is 0 Å². The summed E-state index contributed by atoms with van der Waals surface area (Å²) in [5.74, 6) is 1.42. The molecule has 4 heteroatoms. The Labute approximate surface area is 123 Å². The molecular weight excluding hydrogens is 270 g/mol.